The molecule has 1 N–H and O–H groups in total. The minimum Gasteiger partial charge on any atom is -0.386 e. The van der Waals surface area contributed by atoms with Crippen LogP contribution in [0.5, 0.6) is 0 Å². The molecule has 1 saturated carbocycles. The van der Waals surface area contributed by atoms with Gasteiger partial charge >= 0.3 is 0 Å². The van der Waals surface area contributed by atoms with Gasteiger partial charge < -0.3 is 5.11 Å². The highest BCUT2D eigenvalue weighted by Crippen LogP contribution is 2.39. The average Bonchev–Trinajstić information content (AvgIpc) is 2.53. The van der Waals surface area contributed by atoms with E-state index in [1.807, 2.05) is 0 Å². The zero-order chi connectivity index (χ0) is 11.4. The molecule has 0 bridgehead atoms. The summed E-state index contributed by atoms with van der Waals surface area (Å²) in [6, 6.07) is 0. The molecule has 0 aromatic heterocycles. The lowest BCUT2D eigenvalue weighted by Crippen LogP contribution is -2.31. The van der Waals surface area contributed by atoms with Gasteiger partial charge in [-0.05, 0) is 62.9 Å². The Morgan fingerprint density at radius 3 is 2.81 bits per heavy atom. The van der Waals surface area contributed by atoms with Gasteiger partial charge in [-0.3, -0.25) is 0 Å². The number of allylic oxidation sites excluding steroid dienone is 1. The Labute approximate surface area is 99.9 Å². The largest absolute Gasteiger partial charge is 0.386 e. The second kappa shape index (κ2) is 5.35. The molecule has 0 spiro atoms. The first-order chi connectivity index (χ1) is 7.74. The lowest BCUT2D eigenvalue weighted by Gasteiger charge is -2.32. The van der Waals surface area contributed by atoms with Crippen molar-refractivity contribution >= 4 is 0 Å². The third kappa shape index (κ3) is 2.68. The molecule has 2 aliphatic rings. The van der Waals surface area contributed by atoms with E-state index in [0.717, 1.165) is 25.2 Å². The third-order valence-corrected chi connectivity index (χ3v) is 4.63. The molecular formula is C15H26O. The smallest absolute Gasteiger partial charge is 0.0856 e. The van der Waals surface area contributed by atoms with E-state index >= 15 is 0 Å². The van der Waals surface area contributed by atoms with Gasteiger partial charge in [-0.25, -0.2) is 0 Å². The molecular weight excluding hydrogens is 196 g/mol. The van der Waals surface area contributed by atoms with E-state index in [1.165, 1.54) is 50.5 Å². The van der Waals surface area contributed by atoms with Crippen molar-refractivity contribution in [2.24, 2.45) is 5.92 Å². The van der Waals surface area contributed by atoms with Gasteiger partial charge in [0.25, 0.3) is 0 Å². The van der Waals surface area contributed by atoms with Gasteiger partial charge in [-0.2, -0.15) is 0 Å². The van der Waals surface area contributed by atoms with E-state index in [2.05, 4.69) is 13.0 Å². The summed E-state index contributed by atoms with van der Waals surface area (Å²) in [4.78, 5) is 0. The number of hydrogen-bond acceptors (Lipinski definition) is 1. The van der Waals surface area contributed by atoms with Crippen molar-refractivity contribution in [3.63, 3.8) is 0 Å². The van der Waals surface area contributed by atoms with Crippen LogP contribution < -0.4 is 0 Å². The zero-order valence-corrected chi connectivity index (χ0v) is 10.7. The molecule has 0 heterocycles. The van der Waals surface area contributed by atoms with E-state index in [-0.39, 0.29) is 0 Å². The third-order valence-electron chi connectivity index (χ3n) is 4.63. The Morgan fingerprint density at radius 2 is 2.12 bits per heavy atom. The summed E-state index contributed by atoms with van der Waals surface area (Å²) in [5.41, 5.74) is 0.945. The second-order valence-electron chi connectivity index (χ2n) is 5.71. The molecule has 2 unspecified atom stereocenters. The molecule has 0 saturated heterocycles. The molecule has 2 rings (SSSR count). The Kier molecular flexibility index (Phi) is 4.07. The van der Waals surface area contributed by atoms with Gasteiger partial charge in [0.15, 0.2) is 0 Å². The molecule has 0 radical (unpaired) electrons. The predicted octanol–water partition coefficient (Wildman–Crippen LogP) is 4.21. The summed E-state index contributed by atoms with van der Waals surface area (Å²) < 4.78 is 0. The first-order valence-corrected chi connectivity index (χ1v) is 7.16. The summed E-state index contributed by atoms with van der Waals surface area (Å²) in [5, 5.41) is 10.8. The second-order valence-corrected chi connectivity index (χ2v) is 5.71. The molecule has 0 amide bonds. The molecule has 0 aromatic rings. The van der Waals surface area contributed by atoms with Crippen LogP contribution in [0.1, 0.15) is 71.1 Å². The van der Waals surface area contributed by atoms with Crippen LogP contribution in [-0.4, -0.2) is 10.7 Å². The minimum absolute atomic E-state index is 0.426. The van der Waals surface area contributed by atoms with Crippen LogP contribution in [0.3, 0.4) is 0 Å². The first-order valence-electron chi connectivity index (χ1n) is 7.16. The lowest BCUT2D eigenvalue weighted by molar-refractivity contribution is 0.0559. The van der Waals surface area contributed by atoms with Crippen molar-refractivity contribution < 1.29 is 5.11 Å². The van der Waals surface area contributed by atoms with Crippen molar-refractivity contribution in [3.8, 4) is 0 Å². The van der Waals surface area contributed by atoms with Crippen LogP contribution in [0.4, 0.5) is 0 Å². The van der Waals surface area contributed by atoms with Crippen LogP contribution in [0.2, 0.25) is 0 Å². The molecule has 1 nitrogen and oxygen atoms in total. The molecule has 0 aliphatic heterocycles. The van der Waals surface area contributed by atoms with Crippen molar-refractivity contribution in [1.29, 1.82) is 0 Å². The predicted molar refractivity (Wildman–Crippen MR) is 68.4 cm³/mol. The fourth-order valence-corrected chi connectivity index (χ4v) is 3.39. The summed E-state index contributed by atoms with van der Waals surface area (Å²) in [6.45, 7) is 2.29. The van der Waals surface area contributed by atoms with E-state index < -0.39 is 5.60 Å². The fourth-order valence-electron chi connectivity index (χ4n) is 3.39. The maximum absolute atomic E-state index is 10.8. The van der Waals surface area contributed by atoms with Crippen LogP contribution in [0.15, 0.2) is 11.6 Å². The highest BCUT2D eigenvalue weighted by Gasteiger charge is 2.33. The molecule has 16 heavy (non-hydrogen) atoms. The average molecular weight is 222 g/mol. The van der Waals surface area contributed by atoms with E-state index in [1.54, 1.807) is 0 Å². The summed E-state index contributed by atoms with van der Waals surface area (Å²) >= 11 is 0. The molecule has 92 valence electrons. The monoisotopic (exact) mass is 222 g/mol. The van der Waals surface area contributed by atoms with Gasteiger partial charge in [0.05, 0.1) is 5.60 Å². The van der Waals surface area contributed by atoms with Gasteiger partial charge in [0.2, 0.25) is 0 Å². The Balaban J connectivity index is 2.03. The molecule has 1 heteroatoms. The molecule has 2 aliphatic carbocycles. The Morgan fingerprint density at radius 1 is 1.25 bits per heavy atom. The number of aliphatic hydroxyl groups is 1. The summed E-state index contributed by atoms with van der Waals surface area (Å²) in [6.07, 6.45) is 14.3. The van der Waals surface area contributed by atoms with Gasteiger partial charge in [-0.15, -0.1) is 0 Å². The zero-order valence-electron chi connectivity index (χ0n) is 10.7. The van der Waals surface area contributed by atoms with Crippen LogP contribution >= 0.6 is 0 Å². The van der Waals surface area contributed by atoms with Gasteiger partial charge in [-0.1, -0.05) is 25.8 Å². The minimum atomic E-state index is -0.426. The van der Waals surface area contributed by atoms with Crippen molar-refractivity contribution in [3.05, 3.63) is 11.6 Å². The van der Waals surface area contributed by atoms with E-state index in [9.17, 15) is 5.11 Å². The van der Waals surface area contributed by atoms with Crippen molar-refractivity contribution in [2.45, 2.75) is 76.7 Å². The lowest BCUT2D eigenvalue weighted by atomic mass is 9.80. The van der Waals surface area contributed by atoms with Gasteiger partial charge in [0, 0.05) is 0 Å². The fraction of sp³-hybridized carbons (Fsp3) is 0.867. The molecule has 0 aromatic carbocycles. The Hall–Kier alpha value is -0.300. The van der Waals surface area contributed by atoms with E-state index in [4.69, 9.17) is 0 Å². The van der Waals surface area contributed by atoms with Crippen LogP contribution in [0.25, 0.3) is 0 Å². The summed E-state index contributed by atoms with van der Waals surface area (Å²) in [7, 11) is 0. The standard InChI is InChI=1S/C15H26O/c1-2-13-7-6-11-15(16,12-10-13)14-8-4-3-5-9-14/h8,13,16H,2-7,9-12H2,1H3. The van der Waals surface area contributed by atoms with Crippen LogP contribution in [0, 0.1) is 5.92 Å². The van der Waals surface area contributed by atoms with Crippen LogP contribution in [-0.2, 0) is 0 Å². The highest BCUT2D eigenvalue weighted by molar-refractivity contribution is 5.19. The molecule has 2 atom stereocenters. The summed E-state index contributed by atoms with van der Waals surface area (Å²) in [5.74, 6) is 0.859. The molecule has 1 fully saturated rings. The SMILES string of the molecule is CCC1CCCC(O)(C2=CCCCC2)CC1. The highest BCUT2D eigenvalue weighted by atomic mass is 16.3. The number of hydrogen-bond donors (Lipinski definition) is 1. The quantitative estimate of drug-likeness (QED) is 0.548. The van der Waals surface area contributed by atoms with Crippen molar-refractivity contribution in [2.75, 3.05) is 0 Å². The topological polar surface area (TPSA) is 20.2 Å². The maximum atomic E-state index is 10.8. The maximum Gasteiger partial charge on any atom is 0.0856 e. The van der Waals surface area contributed by atoms with Gasteiger partial charge in [0.1, 0.15) is 0 Å². The normalized spacial score (nSPS) is 36.6. The Bertz CT molecular complexity index is 256. The van der Waals surface area contributed by atoms with Crippen molar-refractivity contribution in [1.82, 2.24) is 0 Å². The number of rotatable bonds is 2. The first kappa shape index (κ1) is 12.2. The van der Waals surface area contributed by atoms with E-state index in [0.29, 0.717) is 0 Å².